The zero-order valence-corrected chi connectivity index (χ0v) is 9.10. The Hall–Kier alpha value is -1.91. The van der Waals surface area contributed by atoms with Crippen molar-refractivity contribution in [3.63, 3.8) is 0 Å². The van der Waals surface area contributed by atoms with Gasteiger partial charge in [-0.15, -0.1) is 0 Å². The zero-order valence-electron chi connectivity index (χ0n) is 9.10. The molecule has 90 valence electrons. The molecule has 0 saturated carbocycles. The molecule has 0 saturated heterocycles. The lowest BCUT2D eigenvalue weighted by atomic mass is 10.1. The highest BCUT2D eigenvalue weighted by Crippen LogP contribution is 2.24. The minimum atomic E-state index is -0.874. The van der Waals surface area contributed by atoms with E-state index in [0.717, 1.165) is 5.56 Å². The summed E-state index contributed by atoms with van der Waals surface area (Å²) in [6.45, 7) is 0.459. The second-order valence-corrected chi connectivity index (χ2v) is 3.79. The lowest BCUT2D eigenvalue weighted by molar-refractivity contribution is -0.136. The number of halogens is 1. The number of carbonyl (C=O) groups is 1. The van der Waals surface area contributed by atoms with Crippen molar-refractivity contribution in [3.8, 4) is 0 Å². The van der Waals surface area contributed by atoms with E-state index in [4.69, 9.17) is 9.84 Å². The molecule has 1 aromatic carbocycles. The Balaban J connectivity index is 1.91. The lowest BCUT2D eigenvalue weighted by Crippen LogP contribution is -2.07. The van der Waals surface area contributed by atoms with Gasteiger partial charge >= 0.3 is 5.97 Å². The Bertz CT molecular complexity index is 442. The van der Waals surface area contributed by atoms with Crippen molar-refractivity contribution in [1.82, 2.24) is 0 Å². The van der Waals surface area contributed by atoms with Crippen molar-refractivity contribution in [2.45, 2.75) is 18.9 Å². The summed E-state index contributed by atoms with van der Waals surface area (Å²) in [5.41, 5.74) is 0.848. The summed E-state index contributed by atoms with van der Waals surface area (Å²) in [5, 5.41) is 8.54. The Kier molecular flexibility index (Phi) is 3.37. The van der Waals surface area contributed by atoms with Crippen LogP contribution in [0.15, 0.2) is 29.3 Å². The molecule has 1 aliphatic rings. The van der Waals surface area contributed by atoms with Gasteiger partial charge in [-0.3, -0.25) is 9.79 Å². The first-order valence-electron chi connectivity index (χ1n) is 5.32. The molecule has 0 bridgehead atoms. The Morgan fingerprint density at radius 1 is 1.47 bits per heavy atom. The van der Waals surface area contributed by atoms with E-state index in [1.807, 2.05) is 0 Å². The van der Waals surface area contributed by atoms with Gasteiger partial charge in [0.05, 0.1) is 13.0 Å². The van der Waals surface area contributed by atoms with Gasteiger partial charge in [0.2, 0.25) is 0 Å². The van der Waals surface area contributed by atoms with E-state index in [2.05, 4.69) is 4.99 Å². The third kappa shape index (κ3) is 3.03. The van der Waals surface area contributed by atoms with Crippen LogP contribution in [0.4, 0.5) is 4.39 Å². The molecule has 1 aliphatic heterocycles. The largest absolute Gasteiger partial charge is 0.481 e. The van der Waals surface area contributed by atoms with Gasteiger partial charge in [0.15, 0.2) is 5.90 Å². The average Bonchev–Trinajstić information content (AvgIpc) is 2.76. The van der Waals surface area contributed by atoms with Crippen LogP contribution in [0, 0.1) is 5.82 Å². The average molecular weight is 237 g/mol. The number of hydrogen-bond donors (Lipinski definition) is 1. The number of ether oxygens (including phenoxy) is 1. The number of hydrogen-bond acceptors (Lipinski definition) is 3. The van der Waals surface area contributed by atoms with Gasteiger partial charge in [0, 0.05) is 6.42 Å². The third-order valence-corrected chi connectivity index (χ3v) is 2.51. The molecule has 0 fully saturated rings. The van der Waals surface area contributed by atoms with Crippen molar-refractivity contribution in [2.75, 3.05) is 6.54 Å². The number of rotatable bonds is 4. The van der Waals surface area contributed by atoms with Gasteiger partial charge in [0.1, 0.15) is 11.9 Å². The SMILES string of the molecule is O=C(O)CCC1=NCC(c2ccc(F)cc2)O1. The highest BCUT2D eigenvalue weighted by Gasteiger charge is 2.21. The number of aliphatic imine (C=N–C) groups is 1. The molecule has 17 heavy (non-hydrogen) atoms. The number of benzene rings is 1. The van der Waals surface area contributed by atoms with Crippen molar-refractivity contribution in [3.05, 3.63) is 35.6 Å². The summed E-state index contributed by atoms with van der Waals surface area (Å²) < 4.78 is 18.2. The first-order chi connectivity index (χ1) is 8.15. The van der Waals surface area contributed by atoms with Crippen LogP contribution in [-0.4, -0.2) is 23.5 Å². The summed E-state index contributed by atoms with van der Waals surface area (Å²) >= 11 is 0. The Labute approximate surface area is 97.7 Å². The fraction of sp³-hybridized carbons (Fsp3) is 0.333. The molecule has 1 atom stereocenters. The van der Waals surface area contributed by atoms with E-state index in [1.165, 1.54) is 12.1 Å². The standard InChI is InChI=1S/C12H12FNO3/c13-9-3-1-8(2-4-9)10-7-14-11(17-10)5-6-12(15)16/h1-4,10H,5-7H2,(H,15,16). The van der Waals surface area contributed by atoms with Crippen LogP contribution in [0.25, 0.3) is 0 Å². The third-order valence-electron chi connectivity index (χ3n) is 2.51. The highest BCUT2D eigenvalue weighted by molar-refractivity contribution is 5.81. The number of carboxylic acid groups (broad SMARTS) is 1. The van der Waals surface area contributed by atoms with E-state index in [9.17, 15) is 9.18 Å². The Morgan fingerprint density at radius 2 is 2.18 bits per heavy atom. The normalized spacial score (nSPS) is 18.6. The predicted molar refractivity (Wildman–Crippen MR) is 59.4 cm³/mol. The maximum absolute atomic E-state index is 12.7. The molecule has 1 N–H and O–H groups in total. The minimum Gasteiger partial charge on any atom is -0.481 e. The van der Waals surface area contributed by atoms with Crippen LogP contribution in [0.1, 0.15) is 24.5 Å². The second-order valence-electron chi connectivity index (χ2n) is 3.79. The van der Waals surface area contributed by atoms with Crippen molar-refractivity contribution < 1.29 is 19.0 Å². The molecule has 5 heteroatoms. The summed E-state index contributed by atoms with van der Waals surface area (Å²) in [4.78, 5) is 14.5. The van der Waals surface area contributed by atoms with Crippen molar-refractivity contribution >= 4 is 11.9 Å². The Morgan fingerprint density at radius 3 is 2.82 bits per heavy atom. The fourth-order valence-electron chi connectivity index (χ4n) is 1.63. The predicted octanol–water partition coefficient (Wildman–Crippen LogP) is 2.16. The molecule has 0 radical (unpaired) electrons. The zero-order chi connectivity index (χ0) is 12.3. The van der Waals surface area contributed by atoms with Gasteiger partial charge in [-0.25, -0.2) is 4.39 Å². The topological polar surface area (TPSA) is 58.9 Å². The van der Waals surface area contributed by atoms with Crippen molar-refractivity contribution in [1.29, 1.82) is 0 Å². The van der Waals surface area contributed by atoms with Crippen LogP contribution in [0.2, 0.25) is 0 Å². The first kappa shape index (κ1) is 11.6. The maximum Gasteiger partial charge on any atom is 0.303 e. The number of carboxylic acids is 1. The molecule has 0 spiro atoms. The van der Waals surface area contributed by atoms with Crippen LogP contribution < -0.4 is 0 Å². The van der Waals surface area contributed by atoms with Crippen LogP contribution in [0.5, 0.6) is 0 Å². The monoisotopic (exact) mass is 237 g/mol. The van der Waals surface area contributed by atoms with Gasteiger partial charge in [-0.05, 0) is 17.7 Å². The maximum atomic E-state index is 12.7. The molecule has 0 aromatic heterocycles. The van der Waals surface area contributed by atoms with E-state index in [-0.39, 0.29) is 18.3 Å². The van der Waals surface area contributed by atoms with Crippen LogP contribution in [0.3, 0.4) is 0 Å². The summed E-state index contributed by atoms with van der Waals surface area (Å²) in [6.07, 6.45) is 0.0848. The summed E-state index contributed by atoms with van der Waals surface area (Å²) in [6, 6.07) is 6.03. The fourth-order valence-corrected chi connectivity index (χ4v) is 1.63. The van der Waals surface area contributed by atoms with E-state index >= 15 is 0 Å². The van der Waals surface area contributed by atoms with Crippen LogP contribution in [-0.2, 0) is 9.53 Å². The summed E-state index contributed by atoms with van der Waals surface area (Å²) in [5.74, 6) is -0.706. The quantitative estimate of drug-likeness (QED) is 0.872. The van der Waals surface area contributed by atoms with Crippen LogP contribution >= 0.6 is 0 Å². The van der Waals surface area contributed by atoms with E-state index in [0.29, 0.717) is 18.9 Å². The lowest BCUT2D eigenvalue weighted by Gasteiger charge is -2.11. The van der Waals surface area contributed by atoms with E-state index in [1.54, 1.807) is 12.1 Å². The number of aliphatic carboxylic acids is 1. The molecule has 1 heterocycles. The smallest absolute Gasteiger partial charge is 0.303 e. The van der Waals surface area contributed by atoms with Gasteiger partial charge in [-0.2, -0.15) is 0 Å². The molecule has 0 aliphatic carbocycles. The van der Waals surface area contributed by atoms with Gasteiger partial charge in [0.25, 0.3) is 0 Å². The van der Waals surface area contributed by atoms with E-state index < -0.39 is 5.97 Å². The molecule has 0 amide bonds. The van der Waals surface area contributed by atoms with Gasteiger partial charge in [-0.1, -0.05) is 12.1 Å². The summed E-state index contributed by atoms with van der Waals surface area (Å²) in [7, 11) is 0. The molecule has 1 aromatic rings. The molecule has 1 unspecified atom stereocenters. The molecular formula is C12H12FNO3. The molecule has 2 rings (SSSR count). The first-order valence-corrected chi connectivity index (χ1v) is 5.32. The molecule has 4 nitrogen and oxygen atoms in total. The highest BCUT2D eigenvalue weighted by atomic mass is 19.1. The van der Waals surface area contributed by atoms with Gasteiger partial charge < -0.3 is 9.84 Å². The number of nitrogens with zero attached hydrogens (tertiary/aromatic N) is 1. The minimum absolute atomic E-state index is 0.00890. The van der Waals surface area contributed by atoms with Crippen molar-refractivity contribution in [2.24, 2.45) is 4.99 Å². The second kappa shape index (κ2) is 4.95. The molecular weight excluding hydrogens is 225 g/mol.